The SMILES string of the molecule is O=C(c1ccc(O)c(O)c1)N1CCC(c2cccc(CNCl)c2)CC1. The fourth-order valence-electron chi connectivity index (χ4n) is 3.29. The van der Waals surface area contributed by atoms with E-state index in [0.717, 1.165) is 18.4 Å². The lowest BCUT2D eigenvalue weighted by Gasteiger charge is -2.32. The van der Waals surface area contributed by atoms with Gasteiger partial charge in [-0.3, -0.25) is 4.79 Å². The molecule has 3 rings (SSSR count). The third-order valence-electron chi connectivity index (χ3n) is 4.70. The molecular weight excluding hydrogens is 340 g/mol. The smallest absolute Gasteiger partial charge is 0.253 e. The van der Waals surface area contributed by atoms with Crippen LogP contribution in [0.2, 0.25) is 0 Å². The van der Waals surface area contributed by atoms with Gasteiger partial charge in [0.05, 0.1) is 0 Å². The maximum Gasteiger partial charge on any atom is 0.253 e. The van der Waals surface area contributed by atoms with Gasteiger partial charge in [-0.2, -0.15) is 0 Å². The van der Waals surface area contributed by atoms with E-state index in [0.29, 0.717) is 31.1 Å². The van der Waals surface area contributed by atoms with Crippen molar-refractivity contribution < 1.29 is 15.0 Å². The van der Waals surface area contributed by atoms with Crippen molar-refractivity contribution in [2.24, 2.45) is 0 Å². The quantitative estimate of drug-likeness (QED) is 0.577. The fourth-order valence-corrected chi connectivity index (χ4v) is 3.44. The summed E-state index contributed by atoms with van der Waals surface area (Å²) in [4.78, 5) is 17.0. The summed E-state index contributed by atoms with van der Waals surface area (Å²) >= 11 is 5.58. The summed E-state index contributed by atoms with van der Waals surface area (Å²) in [5.41, 5.74) is 2.81. The summed E-state index contributed by atoms with van der Waals surface area (Å²) < 4.78 is 0. The number of phenolic OH excluding ortho intramolecular Hbond substituents is 2. The van der Waals surface area contributed by atoms with E-state index in [2.05, 4.69) is 17.0 Å². The molecule has 132 valence electrons. The van der Waals surface area contributed by atoms with Crippen LogP contribution < -0.4 is 4.84 Å². The largest absolute Gasteiger partial charge is 0.504 e. The molecule has 1 aliphatic rings. The Morgan fingerprint density at radius 1 is 1.12 bits per heavy atom. The Bertz CT molecular complexity index is 758. The lowest BCUT2D eigenvalue weighted by Crippen LogP contribution is -2.37. The molecule has 0 aromatic heterocycles. The molecule has 1 saturated heterocycles. The molecule has 2 aromatic carbocycles. The average molecular weight is 361 g/mol. The van der Waals surface area contributed by atoms with Crippen molar-refractivity contribution in [3.8, 4) is 11.5 Å². The van der Waals surface area contributed by atoms with Gasteiger partial charge in [-0.1, -0.05) is 24.3 Å². The Morgan fingerprint density at radius 3 is 2.56 bits per heavy atom. The number of halogens is 1. The highest BCUT2D eigenvalue weighted by atomic mass is 35.5. The molecule has 0 saturated carbocycles. The first-order valence-electron chi connectivity index (χ1n) is 8.32. The Labute approximate surface area is 152 Å². The molecule has 0 aliphatic carbocycles. The lowest BCUT2D eigenvalue weighted by molar-refractivity contribution is 0.0712. The number of rotatable bonds is 4. The zero-order valence-electron chi connectivity index (χ0n) is 13.8. The second-order valence-electron chi connectivity index (χ2n) is 6.33. The van der Waals surface area contributed by atoms with E-state index in [9.17, 15) is 15.0 Å². The van der Waals surface area contributed by atoms with Crippen molar-refractivity contribution in [1.29, 1.82) is 0 Å². The third kappa shape index (κ3) is 4.06. The van der Waals surface area contributed by atoms with E-state index in [4.69, 9.17) is 11.8 Å². The molecule has 0 unspecified atom stereocenters. The summed E-state index contributed by atoms with van der Waals surface area (Å²) in [6.07, 6.45) is 1.79. The number of phenols is 2. The van der Waals surface area contributed by atoms with Crippen LogP contribution in [0.4, 0.5) is 0 Å². The fraction of sp³-hybridized carbons (Fsp3) is 0.316. The predicted molar refractivity (Wildman–Crippen MR) is 96.8 cm³/mol. The van der Waals surface area contributed by atoms with Crippen LogP contribution in [0.15, 0.2) is 42.5 Å². The molecule has 0 atom stereocenters. The van der Waals surface area contributed by atoms with Gasteiger partial charge in [-0.15, -0.1) is 0 Å². The van der Waals surface area contributed by atoms with Gasteiger partial charge < -0.3 is 15.1 Å². The third-order valence-corrected chi connectivity index (χ3v) is 4.83. The first kappa shape index (κ1) is 17.6. The maximum atomic E-state index is 12.6. The molecule has 2 aromatic rings. The van der Waals surface area contributed by atoms with E-state index in [-0.39, 0.29) is 17.4 Å². The summed E-state index contributed by atoms with van der Waals surface area (Å²) in [7, 11) is 0. The van der Waals surface area contributed by atoms with E-state index in [1.54, 1.807) is 4.90 Å². The molecule has 25 heavy (non-hydrogen) atoms. The van der Waals surface area contributed by atoms with Crippen LogP contribution in [0.25, 0.3) is 0 Å². The number of carbonyl (C=O) groups is 1. The number of nitrogens with zero attached hydrogens (tertiary/aromatic N) is 1. The lowest BCUT2D eigenvalue weighted by atomic mass is 9.88. The highest BCUT2D eigenvalue weighted by molar-refractivity contribution is 6.13. The van der Waals surface area contributed by atoms with Crippen LogP contribution in [0.5, 0.6) is 11.5 Å². The van der Waals surface area contributed by atoms with Crippen molar-refractivity contribution in [1.82, 2.24) is 9.74 Å². The van der Waals surface area contributed by atoms with Gasteiger partial charge in [-0.05, 0) is 59.9 Å². The zero-order valence-corrected chi connectivity index (χ0v) is 14.5. The molecule has 1 amide bonds. The minimum Gasteiger partial charge on any atom is -0.504 e. The van der Waals surface area contributed by atoms with Gasteiger partial charge in [0.2, 0.25) is 0 Å². The van der Waals surface area contributed by atoms with Crippen molar-refractivity contribution in [3.63, 3.8) is 0 Å². The van der Waals surface area contributed by atoms with Crippen molar-refractivity contribution >= 4 is 17.7 Å². The Kier molecular flexibility index (Phi) is 5.46. The highest BCUT2D eigenvalue weighted by Gasteiger charge is 2.25. The number of aromatic hydroxyl groups is 2. The van der Waals surface area contributed by atoms with Gasteiger partial charge in [-0.25, -0.2) is 4.84 Å². The Balaban J connectivity index is 1.64. The Hall–Kier alpha value is -2.24. The normalized spacial score (nSPS) is 15.3. The number of amides is 1. The van der Waals surface area contributed by atoms with Crippen molar-refractivity contribution in [3.05, 3.63) is 59.2 Å². The first-order chi connectivity index (χ1) is 12.1. The molecule has 0 spiro atoms. The second kappa shape index (κ2) is 7.76. The number of likely N-dealkylation sites (tertiary alicyclic amines) is 1. The first-order valence-corrected chi connectivity index (χ1v) is 8.70. The molecule has 6 heteroatoms. The highest BCUT2D eigenvalue weighted by Crippen LogP contribution is 2.30. The number of hydrogen-bond donors (Lipinski definition) is 3. The predicted octanol–water partition coefficient (Wildman–Crippen LogP) is 3.36. The molecular formula is C19H21ClN2O3. The topological polar surface area (TPSA) is 72.8 Å². The zero-order chi connectivity index (χ0) is 17.8. The van der Waals surface area contributed by atoms with E-state index in [1.165, 1.54) is 23.8 Å². The minimum atomic E-state index is -0.273. The van der Waals surface area contributed by atoms with Gasteiger partial charge in [0.15, 0.2) is 11.5 Å². The van der Waals surface area contributed by atoms with Crippen LogP contribution in [0, 0.1) is 0 Å². The van der Waals surface area contributed by atoms with Crippen LogP contribution >= 0.6 is 11.8 Å². The molecule has 1 fully saturated rings. The summed E-state index contributed by atoms with van der Waals surface area (Å²) in [6.45, 7) is 1.96. The molecule has 0 bridgehead atoms. The summed E-state index contributed by atoms with van der Waals surface area (Å²) in [5, 5.41) is 18.9. The van der Waals surface area contributed by atoms with E-state index >= 15 is 0 Å². The van der Waals surface area contributed by atoms with E-state index in [1.807, 2.05) is 12.1 Å². The molecule has 5 nitrogen and oxygen atoms in total. The maximum absolute atomic E-state index is 12.6. The van der Waals surface area contributed by atoms with Crippen molar-refractivity contribution in [2.45, 2.75) is 25.3 Å². The van der Waals surface area contributed by atoms with Gasteiger partial charge in [0.25, 0.3) is 5.91 Å². The standard InChI is InChI=1S/C19H21ClN2O3/c20-21-12-13-2-1-3-15(10-13)14-6-8-22(9-7-14)19(25)16-4-5-17(23)18(24)11-16/h1-5,10-11,14,21,23-24H,6-9,12H2. The van der Waals surface area contributed by atoms with Crippen LogP contribution in [0.1, 0.15) is 40.2 Å². The second-order valence-corrected chi connectivity index (χ2v) is 6.59. The molecule has 0 radical (unpaired) electrons. The van der Waals surface area contributed by atoms with Gasteiger partial charge >= 0.3 is 0 Å². The molecule has 3 N–H and O–H groups in total. The molecule has 1 heterocycles. The number of hydrogen-bond acceptors (Lipinski definition) is 4. The molecule has 1 aliphatic heterocycles. The summed E-state index contributed by atoms with van der Waals surface area (Å²) in [6, 6.07) is 12.5. The average Bonchev–Trinajstić information content (AvgIpc) is 2.64. The van der Waals surface area contributed by atoms with Gasteiger partial charge in [0, 0.05) is 25.2 Å². The number of nitrogens with one attached hydrogen (secondary N) is 1. The van der Waals surface area contributed by atoms with E-state index < -0.39 is 0 Å². The van der Waals surface area contributed by atoms with Gasteiger partial charge in [0.1, 0.15) is 0 Å². The van der Waals surface area contributed by atoms with Crippen LogP contribution in [0.3, 0.4) is 0 Å². The minimum absolute atomic E-state index is 0.117. The van der Waals surface area contributed by atoms with Crippen molar-refractivity contribution in [2.75, 3.05) is 13.1 Å². The van der Waals surface area contributed by atoms with Crippen LogP contribution in [-0.4, -0.2) is 34.1 Å². The number of carbonyl (C=O) groups excluding carboxylic acids is 1. The number of benzene rings is 2. The summed E-state index contributed by atoms with van der Waals surface area (Å²) in [5.74, 6) is -0.187. The number of piperidine rings is 1. The Morgan fingerprint density at radius 2 is 1.88 bits per heavy atom. The monoisotopic (exact) mass is 360 g/mol. The van der Waals surface area contributed by atoms with Crippen LogP contribution in [-0.2, 0) is 6.54 Å².